The van der Waals surface area contributed by atoms with Gasteiger partial charge in [-0.1, -0.05) is 33.8 Å². The van der Waals surface area contributed by atoms with Crippen LogP contribution in [0.15, 0.2) is 18.3 Å². The van der Waals surface area contributed by atoms with Crippen LogP contribution in [0.25, 0.3) is 0 Å². The van der Waals surface area contributed by atoms with Crippen LogP contribution in [-0.4, -0.2) is 24.6 Å². The highest BCUT2D eigenvalue weighted by Gasteiger charge is 2.24. The van der Waals surface area contributed by atoms with E-state index < -0.39 is 0 Å². The molecular weight excluding hydrogens is 258 g/mol. The van der Waals surface area contributed by atoms with E-state index in [1.807, 2.05) is 6.20 Å². The molecule has 0 bridgehead atoms. The van der Waals surface area contributed by atoms with Crippen molar-refractivity contribution in [1.29, 1.82) is 0 Å². The summed E-state index contributed by atoms with van der Waals surface area (Å²) in [4.78, 5) is 7.16. The van der Waals surface area contributed by atoms with Gasteiger partial charge < -0.3 is 10.2 Å². The van der Waals surface area contributed by atoms with Gasteiger partial charge >= 0.3 is 0 Å². The van der Waals surface area contributed by atoms with Gasteiger partial charge in [-0.25, -0.2) is 4.98 Å². The molecule has 1 aliphatic heterocycles. The van der Waals surface area contributed by atoms with E-state index in [0.29, 0.717) is 11.3 Å². The van der Waals surface area contributed by atoms with Gasteiger partial charge in [0.2, 0.25) is 0 Å². The zero-order chi connectivity index (χ0) is 15.3. The molecule has 3 nitrogen and oxygen atoms in total. The molecule has 1 fully saturated rings. The summed E-state index contributed by atoms with van der Waals surface area (Å²) in [5.41, 5.74) is 1.80. The van der Waals surface area contributed by atoms with E-state index in [4.69, 9.17) is 0 Å². The lowest BCUT2D eigenvalue weighted by atomic mass is 9.85. The molecule has 0 unspecified atom stereocenters. The van der Waals surface area contributed by atoms with Gasteiger partial charge in [0, 0.05) is 31.4 Å². The number of rotatable bonds is 5. The summed E-state index contributed by atoms with van der Waals surface area (Å²) < 4.78 is 0. The second-order valence-corrected chi connectivity index (χ2v) is 7.52. The minimum Gasteiger partial charge on any atom is -0.356 e. The first-order valence-corrected chi connectivity index (χ1v) is 8.37. The van der Waals surface area contributed by atoms with Crippen LogP contribution in [0, 0.1) is 11.3 Å². The summed E-state index contributed by atoms with van der Waals surface area (Å²) in [6.07, 6.45) is 5.76. The van der Waals surface area contributed by atoms with Gasteiger partial charge in [0.05, 0.1) is 0 Å². The van der Waals surface area contributed by atoms with Crippen LogP contribution in [0.2, 0.25) is 0 Å². The van der Waals surface area contributed by atoms with Crippen LogP contribution in [0.4, 0.5) is 5.82 Å². The summed E-state index contributed by atoms with van der Waals surface area (Å²) in [7, 11) is 0. The lowest BCUT2D eigenvalue weighted by Gasteiger charge is -2.26. The Morgan fingerprint density at radius 3 is 2.86 bits per heavy atom. The standard InChI is InChI=1S/C18H31N3/c1-15(2)13-19-14-16-7-5-10-20-17(16)21-11-6-8-18(3,4)9-12-21/h5,7,10,15,19H,6,8-9,11-14H2,1-4H3. The molecular formula is C18H31N3. The molecule has 1 aliphatic rings. The second kappa shape index (κ2) is 7.26. The second-order valence-electron chi connectivity index (χ2n) is 7.52. The Morgan fingerprint density at radius 1 is 1.29 bits per heavy atom. The molecule has 3 heteroatoms. The van der Waals surface area contributed by atoms with Crippen molar-refractivity contribution in [2.75, 3.05) is 24.5 Å². The van der Waals surface area contributed by atoms with Crippen molar-refractivity contribution < 1.29 is 0 Å². The molecule has 21 heavy (non-hydrogen) atoms. The quantitative estimate of drug-likeness (QED) is 0.892. The maximum atomic E-state index is 4.68. The van der Waals surface area contributed by atoms with Crippen LogP contribution < -0.4 is 10.2 Å². The number of anilines is 1. The summed E-state index contributed by atoms with van der Waals surface area (Å²) in [6.45, 7) is 13.5. The minimum atomic E-state index is 0.472. The van der Waals surface area contributed by atoms with Crippen molar-refractivity contribution >= 4 is 5.82 Å². The Balaban J connectivity index is 2.05. The molecule has 0 saturated carbocycles. The maximum Gasteiger partial charge on any atom is 0.133 e. The number of pyridine rings is 1. The molecule has 0 atom stereocenters. The third-order valence-corrected chi connectivity index (χ3v) is 4.38. The fourth-order valence-electron chi connectivity index (χ4n) is 2.98. The van der Waals surface area contributed by atoms with Gasteiger partial charge in [0.1, 0.15) is 5.82 Å². The molecule has 0 radical (unpaired) electrons. The highest BCUT2D eigenvalue weighted by Crippen LogP contribution is 2.31. The summed E-state index contributed by atoms with van der Waals surface area (Å²) in [6, 6.07) is 4.27. The van der Waals surface area contributed by atoms with Crippen LogP contribution in [-0.2, 0) is 6.54 Å². The van der Waals surface area contributed by atoms with Crippen molar-refractivity contribution in [2.24, 2.45) is 11.3 Å². The Hall–Kier alpha value is -1.09. The molecule has 0 aliphatic carbocycles. The molecule has 0 aromatic carbocycles. The monoisotopic (exact) mass is 289 g/mol. The lowest BCUT2D eigenvalue weighted by molar-refractivity contribution is 0.325. The number of hydrogen-bond donors (Lipinski definition) is 1. The van der Waals surface area contributed by atoms with Crippen LogP contribution >= 0.6 is 0 Å². The fraction of sp³-hybridized carbons (Fsp3) is 0.722. The average molecular weight is 289 g/mol. The van der Waals surface area contributed by atoms with Crippen LogP contribution in [0.1, 0.15) is 52.5 Å². The average Bonchev–Trinajstić information content (AvgIpc) is 2.60. The topological polar surface area (TPSA) is 28.2 Å². The Bertz CT molecular complexity index is 440. The van der Waals surface area contributed by atoms with E-state index in [-0.39, 0.29) is 0 Å². The van der Waals surface area contributed by atoms with E-state index in [9.17, 15) is 0 Å². The minimum absolute atomic E-state index is 0.472. The third kappa shape index (κ3) is 4.99. The van der Waals surface area contributed by atoms with E-state index in [2.05, 4.69) is 55.0 Å². The summed E-state index contributed by atoms with van der Waals surface area (Å²) >= 11 is 0. The van der Waals surface area contributed by atoms with Crippen molar-refractivity contribution in [1.82, 2.24) is 10.3 Å². The molecule has 2 rings (SSSR count). The fourth-order valence-corrected chi connectivity index (χ4v) is 2.98. The zero-order valence-electron chi connectivity index (χ0n) is 14.2. The smallest absolute Gasteiger partial charge is 0.133 e. The predicted molar refractivity (Wildman–Crippen MR) is 90.6 cm³/mol. The van der Waals surface area contributed by atoms with E-state index in [1.54, 1.807) is 0 Å². The van der Waals surface area contributed by atoms with Crippen LogP contribution in [0.5, 0.6) is 0 Å². The molecule has 0 amide bonds. The first-order valence-electron chi connectivity index (χ1n) is 8.37. The number of aromatic nitrogens is 1. The summed E-state index contributed by atoms with van der Waals surface area (Å²) in [5.74, 6) is 1.87. The van der Waals surface area contributed by atoms with E-state index in [1.165, 1.54) is 30.6 Å². The largest absolute Gasteiger partial charge is 0.356 e. The molecule has 1 N–H and O–H groups in total. The maximum absolute atomic E-state index is 4.68. The van der Waals surface area contributed by atoms with Gasteiger partial charge in [0.25, 0.3) is 0 Å². The van der Waals surface area contributed by atoms with Gasteiger partial charge in [-0.2, -0.15) is 0 Å². The Morgan fingerprint density at radius 2 is 2.10 bits per heavy atom. The highest BCUT2D eigenvalue weighted by molar-refractivity contribution is 5.46. The van der Waals surface area contributed by atoms with Gasteiger partial charge in [-0.15, -0.1) is 0 Å². The molecule has 1 aromatic heterocycles. The van der Waals surface area contributed by atoms with Gasteiger partial charge in [0.15, 0.2) is 0 Å². The number of hydrogen-bond acceptors (Lipinski definition) is 3. The first-order chi connectivity index (χ1) is 9.98. The van der Waals surface area contributed by atoms with Crippen molar-refractivity contribution in [3.8, 4) is 0 Å². The first kappa shape index (κ1) is 16.3. The normalized spacial score (nSPS) is 18.8. The third-order valence-electron chi connectivity index (χ3n) is 4.38. The van der Waals surface area contributed by atoms with Crippen molar-refractivity contribution in [3.63, 3.8) is 0 Å². The number of nitrogens with zero attached hydrogens (tertiary/aromatic N) is 2. The van der Waals surface area contributed by atoms with Gasteiger partial charge in [-0.3, -0.25) is 0 Å². The Kier molecular flexibility index (Phi) is 5.63. The molecule has 2 heterocycles. The molecule has 0 spiro atoms. The lowest BCUT2D eigenvalue weighted by Crippen LogP contribution is -2.28. The SMILES string of the molecule is CC(C)CNCc1cccnc1N1CCCC(C)(C)CC1. The van der Waals surface area contributed by atoms with E-state index >= 15 is 0 Å². The van der Waals surface area contributed by atoms with Crippen LogP contribution in [0.3, 0.4) is 0 Å². The van der Waals surface area contributed by atoms with Crippen molar-refractivity contribution in [3.05, 3.63) is 23.9 Å². The number of nitrogens with one attached hydrogen (secondary N) is 1. The predicted octanol–water partition coefficient (Wildman–Crippen LogP) is 3.84. The molecule has 118 valence electrons. The summed E-state index contributed by atoms with van der Waals surface area (Å²) in [5, 5.41) is 3.55. The van der Waals surface area contributed by atoms with E-state index in [0.717, 1.165) is 26.2 Å². The van der Waals surface area contributed by atoms with Crippen molar-refractivity contribution in [2.45, 2.75) is 53.5 Å². The molecule has 1 saturated heterocycles. The highest BCUT2D eigenvalue weighted by atomic mass is 15.2. The zero-order valence-corrected chi connectivity index (χ0v) is 14.2. The Labute approximate surface area is 130 Å². The molecule has 1 aromatic rings. The van der Waals surface area contributed by atoms with Gasteiger partial charge in [-0.05, 0) is 43.2 Å².